The molecule has 24 heavy (non-hydrogen) atoms. The number of halogens is 1. The van der Waals surface area contributed by atoms with Crippen LogP contribution in [-0.4, -0.2) is 53.4 Å². The lowest BCUT2D eigenvalue weighted by Gasteiger charge is -2.20. The van der Waals surface area contributed by atoms with Crippen LogP contribution in [0.25, 0.3) is 0 Å². The summed E-state index contributed by atoms with van der Waals surface area (Å²) in [6.07, 6.45) is 2.40. The van der Waals surface area contributed by atoms with Crippen molar-refractivity contribution in [1.82, 2.24) is 14.3 Å². The Balaban J connectivity index is 0.00000208. The molecule has 0 radical (unpaired) electrons. The van der Waals surface area contributed by atoms with Gasteiger partial charge >= 0.3 is 0 Å². The van der Waals surface area contributed by atoms with Crippen LogP contribution < -0.4 is 10.0 Å². The van der Waals surface area contributed by atoms with Gasteiger partial charge in [-0.25, -0.2) is 21.6 Å². The average molecular weight is 396 g/mol. The second-order valence-electron chi connectivity index (χ2n) is 5.88. The van der Waals surface area contributed by atoms with Gasteiger partial charge in [0, 0.05) is 25.7 Å². The molecule has 0 spiro atoms. The molecule has 2 fully saturated rings. The van der Waals surface area contributed by atoms with E-state index in [0.717, 1.165) is 25.8 Å². The lowest BCUT2D eigenvalue weighted by Crippen LogP contribution is -2.34. The van der Waals surface area contributed by atoms with Crippen molar-refractivity contribution in [3.05, 3.63) is 24.3 Å². The Bertz CT molecular complexity index is 771. The van der Waals surface area contributed by atoms with Crippen LogP contribution >= 0.6 is 12.4 Å². The van der Waals surface area contributed by atoms with Gasteiger partial charge in [0.15, 0.2) is 0 Å². The number of sulfonamides is 2. The Morgan fingerprint density at radius 1 is 1.04 bits per heavy atom. The summed E-state index contributed by atoms with van der Waals surface area (Å²) in [6, 6.07) is 5.58. The fourth-order valence-electron chi connectivity index (χ4n) is 2.50. The van der Waals surface area contributed by atoms with Gasteiger partial charge in [0.1, 0.15) is 0 Å². The van der Waals surface area contributed by atoms with Crippen molar-refractivity contribution in [3.8, 4) is 0 Å². The summed E-state index contributed by atoms with van der Waals surface area (Å²) in [6.45, 7) is 2.21. The first kappa shape index (κ1) is 19.6. The SMILES string of the molecule is Cl.O=S(=O)(NC1CC1)c1cccc(S(=O)(=O)N2CCCNCC2)c1. The lowest BCUT2D eigenvalue weighted by molar-refractivity contribution is 0.432. The summed E-state index contributed by atoms with van der Waals surface area (Å²) >= 11 is 0. The quantitative estimate of drug-likeness (QED) is 0.758. The van der Waals surface area contributed by atoms with E-state index in [2.05, 4.69) is 10.0 Å². The van der Waals surface area contributed by atoms with Crippen molar-refractivity contribution in [1.29, 1.82) is 0 Å². The van der Waals surface area contributed by atoms with Crippen LogP contribution in [0.2, 0.25) is 0 Å². The fraction of sp³-hybridized carbons (Fsp3) is 0.571. The van der Waals surface area contributed by atoms with Gasteiger partial charge in [-0.3, -0.25) is 0 Å². The van der Waals surface area contributed by atoms with E-state index in [9.17, 15) is 16.8 Å². The number of hydrogen-bond donors (Lipinski definition) is 2. The van der Waals surface area contributed by atoms with Crippen LogP contribution in [0.1, 0.15) is 19.3 Å². The molecule has 1 aliphatic heterocycles. The Hall–Kier alpha value is -0.710. The van der Waals surface area contributed by atoms with Crippen LogP contribution in [0, 0.1) is 0 Å². The van der Waals surface area contributed by atoms with Crippen LogP contribution in [-0.2, 0) is 20.0 Å². The second-order valence-corrected chi connectivity index (χ2v) is 9.53. The van der Waals surface area contributed by atoms with Crippen molar-refractivity contribution < 1.29 is 16.8 Å². The van der Waals surface area contributed by atoms with Gasteiger partial charge in [0.2, 0.25) is 20.0 Å². The molecule has 7 nitrogen and oxygen atoms in total. The molecule has 2 aliphatic rings. The van der Waals surface area contributed by atoms with E-state index in [1.807, 2.05) is 0 Å². The minimum absolute atomic E-state index is 0. The summed E-state index contributed by atoms with van der Waals surface area (Å²) in [5, 5.41) is 3.15. The van der Waals surface area contributed by atoms with E-state index >= 15 is 0 Å². The average Bonchev–Trinajstić information content (AvgIpc) is 3.33. The highest BCUT2D eigenvalue weighted by Gasteiger charge is 2.30. The monoisotopic (exact) mass is 395 g/mol. The zero-order valence-corrected chi connectivity index (χ0v) is 15.6. The molecule has 0 amide bonds. The Labute approximate surface area is 149 Å². The second kappa shape index (κ2) is 7.67. The summed E-state index contributed by atoms with van der Waals surface area (Å²) in [5.41, 5.74) is 0. The maximum absolute atomic E-state index is 12.7. The van der Waals surface area contributed by atoms with Crippen molar-refractivity contribution in [2.45, 2.75) is 35.1 Å². The van der Waals surface area contributed by atoms with Gasteiger partial charge in [0.05, 0.1) is 9.79 Å². The van der Waals surface area contributed by atoms with Crippen molar-refractivity contribution in [2.75, 3.05) is 26.2 Å². The van der Waals surface area contributed by atoms with Gasteiger partial charge in [-0.2, -0.15) is 4.31 Å². The number of nitrogens with one attached hydrogen (secondary N) is 2. The van der Waals surface area contributed by atoms with Gasteiger partial charge < -0.3 is 5.32 Å². The third-order valence-corrected chi connectivity index (χ3v) is 7.36. The normalized spacial score (nSPS) is 20.2. The van der Waals surface area contributed by atoms with E-state index in [4.69, 9.17) is 0 Å². The van der Waals surface area contributed by atoms with E-state index < -0.39 is 20.0 Å². The predicted molar refractivity (Wildman–Crippen MR) is 93.3 cm³/mol. The van der Waals surface area contributed by atoms with Gasteiger partial charge in [-0.1, -0.05) is 6.07 Å². The molecule has 1 saturated carbocycles. The Kier molecular flexibility index (Phi) is 6.27. The largest absolute Gasteiger partial charge is 0.315 e. The highest BCUT2D eigenvalue weighted by molar-refractivity contribution is 7.90. The number of hydrogen-bond acceptors (Lipinski definition) is 5. The smallest absolute Gasteiger partial charge is 0.243 e. The lowest BCUT2D eigenvalue weighted by atomic mass is 10.4. The molecule has 1 heterocycles. The molecule has 0 aromatic heterocycles. The van der Waals surface area contributed by atoms with Crippen molar-refractivity contribution in [2.24, 2.45) is 0 Å². The van der Waals surface area contributed by atoms with Gasteiger partial charge in [-0.15, -0.1) is 12.4 Å². The predicted octanol–water partition coefficient (Wildman–Crippen LogP) is 0.533. The van der Waals surface area contributed by atoms with E-state index in [1.165, 1.54) is 28.6 Å². The van der Waals surface area contributed by atoms with Gasteiger partial charge in [0.25, 0.3) is 0 Å². The molecular formula is C14H22ClN3O4S2. The topological polar surface area (TPSA) is 95.6 Å². The molecule has 0 atom stereocenters. The molecule has 10 heteroatoms. The molecule has 1 aromatic rings. The third-order valence-electron chi connectivity index (χ3n) is 3.95. The molecule has 136 valence electrons. The minimum atomic E-state index is -3.68. The van der Waals surface area contributed by atoms with Crippen molar-refractivity contribution >= 4 is 32.5 Å². The molecule has 0 bridgehead atoms. The van der Waals surface area contributed by atoms with E-state index in [0.29, 0.717) is 19.6 Å². The van der Waals surface area contributed by atoms with Crippen LogP contribution in [0.3, 0.4) is 0 Å². The summed E-state index contributed by atoms with van der Waals surface area (Å²) in [4.78, 5) is 0.0245. The molecular weight excluding hydrogens is 374 g/mol. The first-order chi connectivity index (χ1) is 10.9. The fourth-order valence-corrected chi connectivity index (χ4v) is 5.45. The molecule has 1 aromatic carbocycles. The Morgan fingerprint density at radius 2 is 1.75 bits per heavy atom. The number of rotatable bonds is 5. The molecule has 3 rings (SSSR count). The zero-order valence-electron chi connectivity index (χ0n) is 13.1. The summed E-state index contributed by atoms with van der Waals surface area (Å²) in [5.74, 6) is 0. The molecule has 1 saturated heterocycles. The summed E-state index contributed by atoms with van der Waals surface area (Å²) in [7, 11) is -7.34. The summed E-state index contributed by atoms with van der Waals surface area (Å²) < 4.78 is 54.0. The molecule has 1 aliphatic carbocycles. The highest BCUT2D eigenvalue weighted by atomic mass is 35.5. The first-order valence-electron chi connectivity index (χ1n) is 7.73. The maximum atomic E-state index is 12.7. The molecule has 0 unspecified atom stereocenters. The van der Waals surface area contributed by atoms with Crippen LogP contribution in [0.4, 0.5) is 0 Å². The minimum Gasteiger partial charge on any atom is -0.315 e. The van der Waals surface area contributed by atoms with Gasteiger partial charge in [-0.05, 0) is 44.0 Å². The van der Waals surface area contributed by atoms with Crippen LogP contribution in [0.15, 0.2) is 34.1 Å². The van der Waals surface area contributed by atoms with Crippen LogP contribution in [0.5, 0.6) is 0 Å². The van der Waals surface area contributed by atoms with Crippen molar-refractivity contribution in [3.63, 3.8) is 0 Å². The number of nitrogens with zero attached hydrogens (tertiary/aromatic N) is 1. The zero-order chi connectivity index (χ0) is 16.5. The Morgan fingerprint density at radius 3 is 2.46 bits per heavy atom. The van der Waals surface area contributed by atoms with E-state index in [-0.39, 0.29) is 28.2 Å². The highest BCUT2D eigenvalue weighted by Crippen LogP contribution is 2.24. The maximum Gasteiger partial charge on any atom is 0.243 e. The molecule has 2 N–H and O–H groups in total. The standard InChI is InChI=1S/C14H21N3O4S2.ClH/c18-22(19,16-12-5-6-12)13-3-1-4-14(11-13)23(20,21)17-9-2-7-15-8-10-17;/h1,3-4,11-12,15-16H,2,5-10H2;1H. The number of benzene rings is 1. The first-order valence-corrected chi connectivity index (χ1v) is 10.7. The third kappa shape index (κ3) is 4.47. The van der Waals surface area contributed by atoms with E-state index in [1.54, 1.807) is 0 Å².